The van der Waals surface area contributed by atoms with Crippen molar-refractivity contribution < 1.29 is 4.79 Å². The molecule has 0 radical (unpaired) electrons. The molecular formula is C14H26N2O. The third-order valence-electron chi connectivity index (χ3n) is 4.46. The van der Waals surface area contributed by atoms with Crippen molar-refractivity contribution in [3.63, 3.8) is 0 Å². The Kier molecular flexibility index (Phi) is 4.84. The van der Waals surface area contributed by atoms with Gasteiger partial charge in [-0.3, -0.25) is 4.79 Å². The van der Waals surface area contributed by atoms with E-state index in [1.807, 2.05) is 6.92 Å². The van der Waals surface area contributed by atoms with Crippen molar-refractivity contribution in [2.75, 3.05) is 13.1 Å². The number of hydrogen-bond donors (Lipinski definition) is 2. The molecule has 0 heterocycles. The van der Waals surface area contributed by atoms with Crippen LogP contribution in [0.15, 0.2) is 0 Å². The van der Waals surface area contributed by atoms with Gasteiger partial charge in [-0.15, -0.1) is 0 Å². The monoisotopic (exact) mass is 238 g/mol. The SMILES string of the molecule is CCNC(=O)CNC1CCC2CCCCC2C1. The summed E-state index contributed by atoms with van der Waals surface area (Å²) in [5.74, 6) is 2.06. The summed E-state index contributed by atoms with van der Waals surface area (Å²) in [6.45, 7) is 3.19. The van der Waals surface area contributed by atoms with Crippen molar-refractivity contribution in [3.05, 3.63) is 0 Å². The Hall–Kier alpha value is -0.570. The normalized spacial score (nSPS) is 32.9. The summed E-state index contributed by atoms with van der Waals surface area (Å²) in [5, 5.41) is 6.27. The van der Waals surface area contributed by atoms with Gasteiger partial charge in [-0.2, -0.15) is 0 Å². The lowest BCUT2D eigenvalue weighted by Crippen LogP contribution is -2.43. The molecule has 0 aromatic carbocycles. The number of fused-ring (bicyclic) bond motifs is 1. The van der Waals surface area contributed by atoms with Crippen molar-refractivity contribution in [2.24, 2.45) is 11.8 Å². The number of amides is 1. The van der Waals surface area contributed by atoms with E-state index < -0.39 is 0 Å². The van der Waals surface area contributed by atoms with Crippen LogP contribution in [-0.4, -0.2) is 25.0 Å². The molecule has 2 aliphatic carbocycles. The molecule has 2 saturated carbocycles. The molecule has 3 atom stereocenters. The van der Waals surface area contributed by atoms with Crippen LogP contribution < -0.4 is 10.6 Å². The van der Waals surface area contributed by atoms with Crippen LogP contribution >= 0.6 is 0 Å². The van der Waals surface area contributed by atoms with Crippen LogP contribution in [0.3, 0.4) is 0 Å². The summed E-state index contributed by atoms with van der Waals surface area (Å²) in [5.41, 5.74) is 0. The number of carbonyl (C=O) groups excluding carboxylic acids is 1. The predicted octanol–water partition coefficient (Wildman–Crippen LogP) is 2.07. The average Bonchev–Trinajstić information content (AvgIpc) is 2.36. The van der Waals surface area contributed by atoms with Gasteiger partial charge in [-0.1, -0.05) is 25.7 Å². The van der Waals surface area contributed by atoms with Gasteiger partial charge < -0.3 is 10.6 Å². The summed E-state index contributed by atoms with van der Waals surface area (Å²) in [6, 6.07) is 0.581. The zero-order valence-corrected chi connectivity index (χ0v) is 11.0. The fourth-order valence-corrected chi connectivity index (χ4v) is 3.56. The van der Waals surface area contributed by atoms with Gasteiger partial charge in [-0.05, 0) is 38.0 Å². The van der Waals surface area contributed by atoms with E-state index in [2.05, 4.69) is 10.6 Å². The van der Waals surface area contributed by atoms with E-state index >= 15 is 0 Å². The van der Waals surface area contributed by atoms with Gasteiger partial charge in [0.05, 0.1) is 6.54 Å². The Labute approximate surface area is 105 Å². The first-order valence-electron chi connectivity index (χ1n) is 7.29. The highest BCUT2D eigenvalue weighted by Gasteiger charge is 2.31. The minimum Gasteiger partial charge on any atom is -0.355 e. The van der Waals surface area contributed by atoms with Gasteiger partial charge >= 0.3 is 0 Å². The maximum atomic E-state index is 11.4. The largest absolute Gasteiger partial charge is 0.355 e. The molecule has 0 aromatic heterocycles. The highest BCUT2D eigenvalue weighted by Crippen LogP contribution is 2.40. The first-order chi connectivity index (χ1) is 8.29. The van der Waals surface area contributed by atoms with Gasteiger partial charge in [-0.25, -0.2) is 0 Å². The molecule has 0 aromatic rings. The lowest BCUT2D eigenvalue weighted by atomic mass is 9.69. The molecule has 3 unspecified atom stereocenters. The molecule has 0 aliphatic heterocycles. The molecule has 98 valence electrons. The fraction of sp³-hybridized carbons (Fsp3) is 0.929. The summed E-state index contributed by atoms with van der Waals surface area (Å²) in [4.78, 5) is 11.4. The quantitative estimate of drug-likeness (QED) is 0.787. The molecule has 0 saturated heterocycles. The van der Waals surface area contributed by atoms with E-state index in [4.69, 9.17) is 0 Å². The molecule has 2 rings (SSSR count). The molecular weight excluding hydrogens is 212 g/mol. The fourth-order valence-electron chi connectivity index (χ4n) is 3.56. The number of nitrogens with one attached hydrogen (secondary N) is 2. The second kappa shape index (κ2) is 6.39. The van der Waals surface area contributed by atoms with Crippen molar-refractivity contribution in [1.29, 1.82) is 0 Å². The van der Waals surface area contributed by atoms with Gasteiger partial charge in [0, 0.05) is 12.6 Å². The van der Waals surface area contributed by atoms with E-state index in [1.165, 1.54) is 44.9 Å². The first-order valence-corrected chi connectivity index (χ1v) is 7.29. The summed E-state index contributed by atoms with van der Waals surface area (Å²) in [7, 11) is 0. The Morgan fingerprint density at radius 2 is 1.88 bits per heavy atom. The number of hydrogen-bond acceptors (Lipinski definition) is 2. The number of carbonyl (C=O) groups is 1. The standard InChI is InChI=1S/C14H26N2O/c1-2-15-14(17)10-16-13-8-7-11-5-3-4-6-12(11)9-13/h11-13,16H,2-10H2,1H3,(H,15,17). The van der Waals surface area contributed by atoms with Crippen molar-refractivity contribution in [1.82, 2.24) is 10.6 Å². The van der Waals surface area contributed by atoms with Crippen LogP contribution in [0, 0.1) is 11.8 Å². The molecule has 17 heavy (non-hydrogen) atoms. The van der Waals surface area contributed by atoms with Crippen LogP contribution in [0.4, 0.5) is 0 Å². The third-order valence-corrected chi connectivity index (χ3v) is 4.46. The third kappa shape index (κ3) is 3.70. The molecule has 0 bridgehead atoms. The maximum absolute atomic E-state index is 11.4. The molecule has 3 heteroatoms. The van der Waals surface area contributed by atoms with Crippen LogP contribution in [0.1, 0.15) is 51.9 Å². The van der Waals surface area contributed by atoms with Crippen LogP contribution in [-0.2, 0) is 4.79 Å². The van der Waals surface area contributed by atoms with Gasteiger partial charge in [0.25, 0.3) is 0 Å². The van der Waals surface area contributed by atoms with Crippen LogP contribution in [0.25, 0.3) is 0 Å². The van der Waals surface area contributed by atoms with Crippen LogP contribution in [0.5, 0.6) is 0 Å². The molecule has 2 aliphatic rings. The summed E-state index contributed by atoms with van der Waals surface area (Å²) < 4.78 is 0. The van der Waals surface area contributed by atoms with Gasteiger partial charge in [0.2, 0.25) is 5.91 Å². The highest BCUT2D eigenvalue weighted by atomic mass is 16.1. The molecule has 0 spiro atoms. The number of likely N-dealkylation sites (N-methyl/N-ethyl adjacent to an activating group) is 1. The molecule has 2 fully saturated rings. The summed E-state index contributed by atoms with van der Waals surface area (Å²) >= 11 is 0. The Morgan fingerprint density at radius 3 is 2.65 bits per heavy atom. The number of rotatable bonds is 4. The predicted molar refractivity (Wildman–Crippen MR) is 69.8 cm³/mol. The maximum Gasteiger partial charge on any atom is 0.233 e. The van der Waals surface area contributed by atoms with Crippen LogP contribution in [0.2, 0.25) is 0 Å². The first kappa shape index (κ1) is 12.9. The van der Waals surface area contributed by atoms with Crippen molar-refractivity contribution in [2.45, 2.75) is 57.9 Å². The lowest BCUT2D eigenvalue weighted by molar-refractivity contribution is -0.120. The van der Waals surface area contributed by atoms with Gasteiger partial charge in [0.1, 0.15) is 0 Å². The Bertz CT molecular complexity index is 255. The topological polar surface area (TPSA) is 41.1 Å². The molecule has 1 amide bonds. The minimum atomic E-state index is 0.137. The van der Waals surface area contributed by atoms with Crippen molar-refractivity contribution in [3.8, 4) is 0 Å². The van der Waals surface area contributed by atoms with Gasteiger partial charge in [0.15, 0.2) is 0 Å². The molecule has 2 N–H and O–H groups in total. The van der Waals surface area contributed by atoms with E-state index in [1.54, 1.807) is 0 Å². The Balaban J connectivity index is 1.70. The summed E-state index contributed by atoms with van der Waals surface area (Å²) in [6.07, 6.45) is 9.67. The van der Waals surface area contributed by atoms with Crippen molar-refractivity contribution >= 4 is 5.91 Å². The van der Waals surface area contributed by atoms with E-state index in [0.29, 0.717) is 12.6 Å². The second-order valence-corrected chi connectivity index (χ2v) is 5.65. The minimum absolute atomic E-state index is 0.137. The highest BCUT2D eigenvalue weighted by molar-refractivity contribution is 5.77. The Morgan fingerprint density at radius 1 is 1.12 bits per heavy atom. The molecule has 3 nitrogen and oxygen atoms in total. The zero-order valence-electron chi connectivity index (χ0n) is 11.0. The smallest absolute Gasteiger partial charge is 0.233 e. The van der Waals surface area contributed by atoms with E-state index in [0.717, 1.165) is 18.4 Å². The zero-order chi connectivity index (χ0) is 12.1. The average molecular weight is 238 g/mol. The second-order valence-electron chi connectivity index (χ2n) is 5.65. The van der Waals surface area contributed by atoms with E-state index in [9.17, 15) is 4.79 Å². The lowest BCUT2D eigenvalue weighted by Gasteiger charge is -2.39. The van der Waals surface area contributed by atoms with E-state index in [-0.39, 0.29) is 5.91 Å².